The quantitative estimate of drug-likeness (QED) is 0.598. The van der Waals surface area contributed by atoms with E-state index in [1.807, 2.05) is 4.90 Å². The van der Waals surface area contributed by atoms with Crippen molar-refractivity contribution in [1.82, 2.24) is 15.2 Å². The van der Waals surface area contributed by atoms with Gasteiger partial charge in [-0.05, 0) is 23.4 Å². The molecule has 2 aromatic rings. The van der Waals surface area contributed by atoms with Gasteiger partial charge in [0.05, 0.1) is 30.5 Å². The van der Waals surface area contributed by atoms with Gasteiger partial charge < -0.3 is 21.1 Å². The summed E-state index contributed by atoms with van der Waals surface area (Å²) in [4.78, 5) is 10.4. The van der Waals surface area contributed by atoms with Crippen molar-refractivity contribution in [3.63, 3.8) is 0 Å². The molecule has 0 atom stereocenters. The molecule has 0 amide bonds. The SMILES string of the molecule is NC(=Nc1ccc(F)c(Cl)c1)c1nonc1CN=C(N)N1CCOCC1. The van der Waals surface area contributed by atoms with Crippen molar-refractivity contribution < 1.29 is 13.8 Å². The lowest BCUT2D eigenvalue weighted by molar-refractivity contribution is 0.0674. The third kappa shape index (κ3) is 4.27. The van der Waals surface area contributed by atoms with Crippen molar-refractivity contribution in [2.45, 2.75) is 6.54 Å². The molecule has 0 radical (unpaired) electrons. The van der Waals surface area contributed by atoms with Crippen LogP contribution in [0.1, 0.15) is 11.4 Å². The number of morpholine rings is 1. The van der Waals surface area contributed by atoms with E-state index in [4.69, 9.17) is 32.4 Å². The van der Waals surface area contributed by atoms with Gasteiger partial charge in [-0.2, -0.15) is 0 Å². The number of amidine groups is 1. The highest BCUT2D eigenvalue weighted by Gasteiger charge is 2.16. The molecule has 11 heteroatoms. The highest BCUT2D eigenvalue weighted by molar-refractivity contribution is 6.31. The second-order valence-corrected chi connectivity index (χ2v) is 5.84. The van der Waals surface area contributed by atoms with Crippen LogP contribution in [-0.2, 0) is 11.3 Å². The Morgan fingerprint density at radius 3 is 2.77 bits per heavy atom. The van der Waals surface area contributed by atoms with Gasteiger partial charge in [-0.15, -0.1) is 0 Å². The smallest absolute Gasteiger partial charge is 0.191 e. The molecule has 1 fully saturated rings. The summed E-state index contributed by atoms with van der Waals surface area (Å²) in [6, 6.07) is 3.99. The number of guanidine groups is 1. The molecule has 1 saturated heterocycles. The maximum atomic E-state index is 13.2. The van der Waals surface area contributed by atoms with Gasteiger partial charge in [-0.1, -0.05) is 16.8 Å². The van der Waals surface area contributed by atoms with Crippen LogP contribution in [0, 0.1) is 5.82 Å². The van der Waals surface area contributed by atoms with Crippen LogP contribution in [0.4, 0.5) is 10.1 Å². The third-order valence-corrected chi connectivity index (χ3v) is 3.97. The first-order chi connectivity index (χ1) is 12.5. The van der Waals surface area contributed by atoms with E-state index < -0.39 is 5.82 Å². The molecule has 3 rings (SSSR count). The molecule has 138 valence electrons. The van der Waals surface area contributed by atoms with Gasteiger partial charge in [0, 0.05) is 13.1 Å². The van der Waals surface area contributed by atoms with E-state index in [9.17, 15) is 4.39 Å². The highest BCUT2D eigenvalue weighted by Crippen LogP contribution is 2.22. The number of aliphatic imine (C=N–C) groups is 2. The number of halogens is 2. The fourth-order valence-corrected chi connectivity index (χ4v) is 2.47. The summed E-state index contributed by atoms with van der Waals surface area (Å²) in [5, 5.41) is 7.48. The number of nitrogens with two attached hydrogens (primary N) is 2. The average Bonchev–Trinajstić information content (AvgIpc) is 3.12. The minimum absolute atomic E-state index is 0.0454. The first-order valence-electron chi connectivity index (χ1n) is 7.78. The Labute approximate surface area is 153 Å². The van der Waals surface area contributed by atoms with Crippen molar-refractivity contribution >= 4 is 29.1 Å². The molecular formula is C15H17ClFN7O2. The third-order valence-electron chi connectivity index (χ3n) is 3.68. The lowest BCUT2D eigenvalue weighted by atomic mass is 10.3. The van der Waals surface area contributed by atoms with E-state index in [1.165, 1.54) is 18.2 Å². The van der Waals surface area contributed by atoms with E-state index in [0.29, 0.717) is 43.6 Å². The van der Waals surface area contributed by atoms with Crippen LogP contribution in [0.2, 0.25) is 5.02 Å². The molecule has 1 aromatic heterocycles. The van der Waals surface area contributed by atoms with E-state index >= 15 is 0 Å². The number of rotatable bonds is 4. The van der Waals surface area contributed by atoms with Gasteiger partial charge in [0.25, 0.3) is 0 Å². The Kier molecular flexibility index (Phi) is 5.64. The Morgan fingerprint density at radius 1 is 1.27 bits per heavy atom. The van der Waals surface area contributed by atoms with Crippen LogP contribution in [0.25, 0.3) is 0 Å². The maximum absolute atomic E-state index is 13.2. The van der Waals surface area contributed by atoms with Gasteiger partial charge in [-0.25, -0.2) is 19.0 Å². The monoisotopic (exact) mass is 381 g/mol. The van der Waals surface area contributed by atoms with Crippen molar-refractivity contribution in [2.24, 2.45) is 21.5 Å². The highest BCUT2D eigenvalue weighted by atomic mass is 35.5. The van der Waals surface area contributed by atoms with Crippen LogP contribution in [-0.4, -0.2) is 53.3 Å². The number of hydrogen-bond acceptors (Lipinski definition) is 6. The molecule has 9 nitrogen and oxygen atoms in total. The number of aromatic nitrogens is 2. The van der Waals surface area contributed by atoms with Crippen LogP contribution in [0.15, 0.2) is 32.8 Å². The summed E-state index contributed by atoms with van der Waals surface area (Å²) in [6.45, 7) is 2.68. The Hall–Kier alpha value is -2.72. The number of ether oxygens (including phenoxy) is 1. The molecule has 2 heterocycles. The fourth-order valence-electron chi connectivity index (χ4n) is 2.30. The predicted octanol–water partition coefficient (Wildman–Crippen LogP) is 1.05. The lowest BCUT2D eigenvalue weighted by Gasteiger charge is -2.27. The molecule has 0 saturated carbocycles. The molecule has 4 N–H and O–H groups in total. The zero-order chi connectivity index (χ0) is 18.5. The average molecular weight is 382 g/mol. The first-order valence-corrected chi connectivity index (χ1v) is 8.16. The van der Waals surface area contributed by atoms with Crippen molar-refractivity contribution in [3.8, 4) is 0 Å². The van der Waals surface area contributed by atoms with Gasteiger partial charge in [0.2, 0.25) is 0 Å². The van der Waals surface area contributed by atoms with Gasteiger partial charge in [0.15, 0.2) is 17.5 Å². The van der Waals surface area contributed by atoms with Gasteiger partial charge in [0.1, 0.15) is 11.5 Å². The van der Waals surface area contributed by atoms with Crippen LogP contribution >= 0.6 is 11.6 Å². The Balaban J connectivity index is 1.74. The lowest BCUT2D eigenvalue weighted by Crippen LogP contribution is -2.44. The van der Waals surface area contributed by atoms with E-state index in [0.717, 1.165) is 0 Å². The van der Waals surface area contributed by atoms with Crippen LogP contribution in [0.3, 0.4) is 0 Å². The van der Waals surface area contributed by atoms with Crippen LogP contribution < -0.4 is 11.5 Å². The second-order valence-electron chi connectivity index (χ2n) is 5.43. The van der Waals surface area contributed by atoms with Crippen LogP contribution in [0.5, 0.6) is 0 Å². The summed E-state index contributed by atoms with van der Waals surface area (Å²) >= 11 is 5.74. The predicted molar refractivity (Wildman–Crippen MR) is 93.8 cm³/mol. The normalized spacial score (nSPS) is 16.2. The maximum Gasteiger partial charge on any atom is 0.191 e. The summed E-state index contributed by atoms with van der Waals surface area (Å²) < 4.78 is 23.2. The standard InChI is InChI=1S/C15H17ClFN7O2/c16-10-7-9(1-2-11(10)17)21-14(18)13-12(22-26-23-13)8-20-15(19)24-3-5-25-6-4-24/h1-2,7H,3-6,8H2,(H2,18,21)(H2,19,20). The Morgan fingerprint density at radius 2 is 2.04 bits per heavy atom. The fraction of sp³-hybridized carbons (Fsp3) is 0.333. The second kappa shape index (κ2) is 8.11. The first kappa shape index (κ1) is 18.1. The van der Waals surface area contributed by atoms with E-state index in [-0.39, 0.29) is 23.1 Å². The molecule has 1 aromatic carbocycles. The molecule has 1 aliphatic heterocycles. The summed E-state index contributed by atoms with van der Waals surface area (Å²) in [6.07, 6.45) is 0. The summed E-state index contributed by atoms with van der Waals surface area (Å²) in [5.74, 6) is -0.118. The topological polar surface area (TPSA) is 128 Å². The number of benzene rings is 1. The number of hydrogen-bond donors (Lipinski definition) is 2. The Bertz CT molecular complexity index is 833. The summed E-state index contributed by atoms with van der Waals surface area (Å²) in [5.41, 5.74) is 12.9. The molecule has 0 bridgehead atoms. The van der Waals surface area contributed by atoms with Crippen molar-refractivity contribution in [2.75, 3.05) is 26.3 Å². The molecule has 0 aliphatic carbocycles. The molecule has 26 heavy (non-hydrogen) atoms. The minimum atomic E-state index is -0.541. The van der Waals surface area contributed by atoms with Gasteiger partial charge >= 0.3 is 0 Å². The zero-order valence-corrected chi connectivity index (χ0v) is 14.5. The molecule has 0 spiro atoms. The number of nitrogens with zero attached hydrogens (tertiary/aromatic N) is 5. The van der Waals surface area contributed by atoms with E-state index in [1.54, 1.807) is 0 Å². The minimum Gasteiger partial charge on any atom is -0.382 e. The zero-order valence-electron chi connectivity index (χ0n) is 13.7. The van der Waals surface area contributed by atoms with Crippen molar-refractivity contribution in [1.29, 1.82) is 0 Å². The molecule has 1 aliphatic rings. The van der Waals surface area contributed by atoms with Gasteiger partial charge in [-0.3, -0.25) is 0 Å². The summed E-state index contributed by atoms with van der Waals surface area (Å²) in [7, 11) is 0. The van der Waals surface area contributed by atoms with E-state index in [2.05, 4.69) is 20.3 Å². The largest absolute Gasteiger partial charge is 0.382 e. The molecule has 0 unspecified atom stereocenters. The molecular weight excluding hydrogens is 365 g/mol. The van der Waals surface area contributed by atoms with Crippen molar-refractivity contribution in [3.05, 3.63) is 40.4 Å².